The summed E-state index contributed by atoms with van der Waals surface area (Å²) in [5.41, 5.74) is 1.66. The van der Waals surface area contributed by atoms with Crippen LogP contribution in [0.3, 0.4) is 0 Å². The van der Waals surface area contributed by atoms with Crippen LogP contribution in [0, 0.1) is 35.0 Å². The minimum atomic E-state index is -0.192. The highest BCUT2D eigenvalue weighted by Gasteiger charge is 2.60. The predicted octanol–water partition coefficient (Wildman–Crippen LogP) is 2.81. The molecule has 1 aliphatic heterocycles. The van der Waals surface area contributed by atoms with Crippen molar-refractivity contribution in [2.24, 2.45) is 23.7 Å². The van der Waals surface area contributed by atoms with Crippen LogP contribution in [-0.4, -0.2) is 11.8 Å². The minimum absolute atomic E-state index is 0.0769. The van der Waals surface area contributed by atoms with Crippen LogP contribution < -0.4 is 4.90 Å². The lowest BCUT2D eigenvalue weighted by Gasteiger charge is -2.15. The van der Waals surface area contributed by atoms with E-state index in [9.17, 15) is 14.9 Å². The fraction of sp³-hybridized carbons (Fsp3) is 0.500. The monoisotopic (exact) mass is 324 g/mol. The van der Waals surface area contributed by atoms with Crippen molar-refractivity contribution in [2.75, 3.05) is 4.90 Å². The molecule has 2 amide bonds. The second kappa shape index (κ2) is 4.55. The van der Waals surface area contributed by atoms with Gasteiger partial charge in [0.1, 0.15) is 11.1 Å². The Morgan fingerprint density at radius 3 is 2.39 bits per heavy atom. The zero-order valence-corrected chi connectivity index (χ0v) is 13.4. The molecule has 0 radical (unpaired) electrons. The number of rotatable bonds is 1. The van der Waals surface area contributed by atoms with Crippen molar-refractivity contribution in [3.8, 4) is 6.07 Å². The zero-order chi connectivity index (χ0) is 15.7. The van der Waals surface area contributed by atoms with Gasteiger partial charge in [0.2, 0.25) is 11.8 Å². The highest BCUT2D eigenvalue weighted by molar-refractivity contribution is 7.17. The summed E-state index contributed by atoms with van der Waals surface area (Å²) in [7, 11) is 0. The maximum absolute atomic E-state index is 12.9. The number of aryl methyl sites for hydroxylation is 1. The van der Waals surface area contributed by atoms with E-state index in [2.05, 4.69) is 18.2 Å². The topological polar surface area (TPSA) is 61.2 Å². The van der Waals surface area contributed by atoms with Crippen molar-refractivity contribution in [1.82, 2.24) is 0 Å². The first-order valence-electron chi connectivity index (χ1n) is 8.31. The number of amides is 2. The summed E-state index contributed by atoms with van der Waals surface area (Å²) in [5, 5.41) is 10.2. The smallest absolute Gasteiger partial charge is 0.238 e. The molecule has 23 heavy (non-hydrogen) atoms. The fourth-order valence-corrected chi connectivity index (χ4v) is 6.28. The summed E-state index contributed by atoms with van der Waals surface area (Å²) < 4.78 is 0. The van der Waals surface area contributed by atoms with E-state index < -0.39 is 0 Å². The fourth-order valence-electron chi connectivity index (χ4n) is 4.93. The SMILES string of the molecule is N#Cc1c(N2C(=O)[C@@H]3[C@@H](C2=O)[C@H]2C=C[C@H]3C2)sc2c1CCCC2. The van der Waals surface area contributed by atoms with Gasteiger partial charge in [0, 0.05) is 4.88 Å². The van der Waals surface area contributed by atoms with Gasteiger partial charge in [-0.25, -0.2) is 4.90 Å². The summed E-state index contributed by atoms with van der Waals surface area (Å²) >= 11 is 1.49. The summed E-state index contributed by atoms with van der Waals surface area (Å²) in [6, 6.07) is 2.27. The molecule has 0 unspecified atom stereocenters. The number of allylic oxidation sites excluding steroid dienone is 2. The number of nitriles is 1. The predicted molar refractivity (Wildman–Crippen MR) is 85.9 cm³/mol. The van der Waals surface area contributed by atoms with Crippen molar-refractivity contribution in [3.63, 3.8) is 0 Å². The molecule has 1 saturated carbocycles. The largest absolute Gasteiger partial charge is 0.274 e. The van der Waals surface area contributed by atoms with Crippen LogP contribution in [-0.2, 0) is 22.4 Å². The van der Waals surface area contributed by atoms with Gasteiger partial charge >= 0.3 is 0 Å². The number of carbonyl (C=O) groups excluding carboxylic acids is 2. The van der Waals surface area contributed by atoms with Gasteiger partial charge in [-0.05, 0) is 49.5 Å². The molecule has 3 aliphatic carbocycles. The van der Waals surface area contributed by atoms with E-state index in [1.807, 2.05) is 0 Å². The Labute approximate surface area is 138 Å². The van der Waals surface area contributed by atoms with Gasteiger partial charge < -0.3 is 0 Å². The van der Waals surface area contributed by atoms with Gasteiger partial charge in [-0.15, -0.1) is 11.3 Å². The highest BCUT2D eigenvalue weighted by Crippen LogP contribution is 2.54. The Balaban J connectivity index is 1.61. The van der Waals surface area contributed by atoms with Crippen molar-refractivity contribution in [3.05, 3.63) is 28.2 Å². The molecule has 1 saturated heterocycles. The lowest BCUT2D eigenvalue weighted by molar-refractivity contribution is -0.123. The third-order valence-electron chi connectivity index (χ3n) is 5.94. The van der Waals surface area contributed by atoms with Crippen LogP contribution >= 0.6 is 11.3 Å². The van der Waals surface area contributed by atoms with E-state index in [4.69, 9.17) is 0 Å². The van der Waals surface area contributed by atoms with Crippen LogP contribution in [0.5, 0.6) is 0 Å². The number of anilines is 1. The van der Waals surface area contributed by atoms with Gasteiger partial charge in [-0.1, -0.05) is 12.2 Å². The average molecular weight is 324 g/mol. The standard InChI is InChI=1S/C18H16N2O2S/c19-8-12-11-3-1-2-4-13(11)23-18(12)20-16(21)14-9-5-6-10(7-9)15(14)17(20)22/h5-6,9-10,14-15H,1-4,7H2/t9-,10-,14-,15-/m0/s1. The van der Waals surface area contributed by atoms with E-state index in [0.717, 1.165) is 37.7 Å². The van der Waals surface area contributed by atoms with Gasteiger partial charge in [0.05, 0.1) is 17.4 Å². The van der Waals surface area contributed by atoms with Gasteiger partial charge in [0.15, 0.2) is 0 Å². The molecule has 5 rings (SSSR count). The Morgan fingerprint density at radius 2 is 1.74 bits per heavy atom. The molecule has 2 heterocycles. The lowest BCUT2D eigenvalue weighted by atomic mass is 9.85. The van der Waals surface area contributed by atoms with Gasteiger partial charge in [0.25, 0.3) is 0 Å². The molecule has 4 nitrogen and oxygen atoms in total. The molecule has 2 fully saturated rings. The number of thiophene rings is 1. The van der Waals surface area contributed by atoms with E-state index >= 15 is 0 Å². The molecule has 4 atom stereocenters. The quantitative estimate of drug-likeness (QED) is 0.589. The van der Waals surface area contributed by atoms with E-state index in [1.54, 1.807) is 0 Å². The number of carbonyl (C=O) groups is 2. The third kappa shape index (κ3) is 1.60. The number of nitrogens with zero attached hydrogens (tertiary/aromatic N) is 2. The van der Waals surface area contributed by atoms with Crippen molar-refractivity contribution < 1.29 is 9.59 Å². The molecule has 5 heteroatoms. The number of hydrogen-bond donors (Lipinski definition) is 0. The van der Waals surface area contributed by atoms with Crippen molar-refractivity contribution >= 4 is 28.2 Å². The van der Waals surface area contributed by atoms with E-state index in [-0.39, 0.29) is 35.5 Å². The molecule has 0 spiro atoms. The van der Waals surface area contributed by atoms with E-state index in [0.29, 0.717) is 10.6 Å². The minimum Gasteiger partial charge on any atom is -0.274 e. The molecule has 0 N–H and O–H groups in total. The van der Waals surface area contributed by atoms with Gasteiger partial charge in [-0.3, -0.25) is 9.59 Å². The molecule has 0 aromatic carbocycles. The molecule has 2 bridgehead atoms. The highest BCUT2D eigenvalue weighted by atomic mass is 32.1. The number of fused-ring (bicyclic) bond motifs is 6. The molecule has 1 aromatic heterocycles. The summed E-state index contributed by atoms with van der Waals surface area (Å²) in [5.74, 6) is -0.108. The molecule has 4 aliphatic rings. The van der Waals surface area contributed by atoms with Crippen LogP contribution in [0.1, 0.15) is 35.3 Å². The first kappa shape index (κ1) is 13.5. The van der Waals surface area contributed by atoms with Crippen LogP contribution in [0.15, 0.2) is 12.2 Å². The van der Waals surface area contributed by atoms with Crippen LogP contribution in [0.4, 0.5) is 5.00 Å². The number of hydrogen-bond acceptors (Lipinski definition) is 4. The zero-order valence-electron chi connectivity index (χ0n) is 12.6. The van der Waals surface area contributed by atoms with E-state index in [1.165, 1.54) is 21.1 Å². The summed E-state index contributed by atoms with van der Waals surface area (Å²) in [6.45, 7) is 0. The Hall–Kier alpha value is -1.93. The van der Waals surface area contributed by atoms with Crippen molar-refractivity contribution in [2.45, 2.75) is 32.1 Å². The maximum atomic E-state index is 12.9. The lowest BCUT2D eigenvalue weighted by Crippen LogP contribution is -2.32. The second-order valence-electron chi connectivity index (χ2n) is 7.01. The Morgan fingerprint density at radius 1 is 1.09 bits per heavy atom. The molecule has 116 valence electrons. The van der Waals surface area contributed by atoms with Crippen LogP contribution in [0.25, 0.3) is 0 Å². The maximum Gasteiger partial charge on any atom is 0.238 e. The second-order valence-corrected chi connectivity index (χ2v) is 8.10. The molecular formula is C18H16N2O2S. The molecule has 1 aromatic rings. The van der Waals surface area contributed by atoms with Crippen molar-refractivity contribution in [1.29, 1.82) is 5.26 Å². The number of imide groups is 1. The average Bonchev–Trinajstić information content (AvgIpc) is 3.29. The first-order valence-corrected chi connectivity index (χ1v) is 9.13. The molecular weight excluding hydrogens is 308 g/mol. The normalized spacial score (nSPS) is 34.0. The summed E-state index contributed by atoms with van der Waals surface area (Å²) in [4.78, 5) is 28.4. The Kier molecular flexibility index (Phi) is 2.67. The van der Waals surface area contributed by atoms with Gasteiger partial charge in [-0.2, -0.15) is 5.26 Å². The summed E-state index contributed by atoms with van der Waals surface area (Å²) in [6.07, 6.45) is 9.20. The van der Waals surface area contributed by atoms with Crippen LogP contribution in [0.2, 0.25) is 0 Å². The third-order valence-corrected chi connectivity index (χ3v) is 7.21. The first-order chi connectivity index (χ1) is 11.2. The Bertz CT molecular complexity index is 786.